The van der Waals surface area contributed by atoms with Crippen LogP contribution in [-0.2, 0) is 50.1 Å². The van der Waals surface area contributed by atoms with E-state index in [1.807, 2.05) is 13.0 Å². The van der Waals surface area contributed by atoms with E-state index in [-0.39, 0.29) is 69.7 Å². The number of sulfone groups is 3. The van der Waals surface area contributed by atoms with Crippen molar-refractivity contribution in [2.45, 2.75) is 167 Å². The first-order valence-corrected chi connectivity index (χ1v) is 36.4. The van der Waals surface area contributed by atoms with Crippen molar-refractivity contribution in [3.8, 4) is 0 Å². The van der Waals surface area contributed by atoms with Crippen LogP contribution in [-0.4, -0.2) is 88.9 Å². The van der Waals surface area contributed by atoms with Crippen molar-refractivity contribution in [3.05, 3.63) is 47.8 Å². The summed E-state index contributed by atoms with van der Waals surface area (Å²) in [6.07, 6.45) is 6.02. The molecule has 4 N–H and O–H groups in total. The Bertz CT molecular complexity index is 2380. The molecule has 2 aromatic rings. The molecule has 3 aliphatic carbocycles. The second-order valence-electron chi connectivity index (χ2n) is 22.3. The Morgan fingerprint density at radius 1 is 0.600 bits per heavy atom. The van der Waals surface area contributed by atoms with Crippen molar-refractivity contribution in [2.24, 2.45) is 35.5 Å². The van der Waals surface area contributed by atoms with Gasteiger partial charge in [0, 0.05) is 24.2 Å². The molecule has 0 bridgehead atoms. The van der Waals surface area contributed by atoms with Crippen LogP contribution in [0.1, 0.15) is 150 Å². The van der Waals surface area contributed by atoms with E-state index in [1.54, 1.807) is 74.6 Å². The molecule has 3 aliphatic rings. The number of aryl methyl sites for hydroxylation is 1. The van der Waals surface area contributed by atoms with Gasteiger partial charge >= 0.3 is 71.7 Å². The van der Waals surface area contributed by atoms with Crippen LogP contribution in [0.15, 0.2) is 36.7 Å². The molecule has 0 aliphatic heterocycles. The van der Waals surface area contributed by atoms with Crippen molar-refractivity contribution >= 4 is 129 Å². The fourth-order valence-corrected chi connectivity index (χ4v) is 12.3. The van der Waals surface area contributed by atoms with Gasteiger partial charge in [0.1, 0.15) is 11.6 Å². The molecule has 0 atom stereocenters. The second-order valence-corrected chi connectivity index (χ2v) is 47.6. The molecular weight excluding hydrogens is 1190 g/mol. The number of hydrogen-bond acceptors (Lipinski definition) is 12. The number of nitrogen functional groups attached to an aromatic ring is 1. The Morgan fingerprint density at radius 2 is 0.947 bits per heavy atom. The average molecular weight is 1270 g/mol. The van der Waals surface area contributed by atoms with Gasteiger partial charge in [-0.25, -0.2) is 35.2 Å². The number of carbonyl (C=O) groups is 3. The number of amides is 1. The van der Waals surface area contributed by atoms with Crippen molar-refractivity contribution in [1.29, 1.82) is 0 Å². The van der Waals surface area contributed by atoms with Gasteiger partial charge in [-0.05, 0) is 199 Å². The van der Waals surface area contributed by atoms with E-state index in [1.165, 1.54) is 0 Å². The third-order valence-corrected chi connectivity index (χ3v) is 21.7. The molecule has 75 heavy (non-hydrogen) atoms. The van der Waals surface area contributed by atoms with E-state index in [9.17, 15) is 52.8 Å². The van der Waals surface area contributed by atoms with Crippen molar-refractivity contribution in [1.82, 2.24) is 9.97 Å². The molecule has 3 saturated carbocycles. The Morgan fingerprint density at radius 3 is 1.20 bits per heavy atom. The van der Waals surface area contributed by atoms with Gasteiger partial charge in [-0.2, -0.15) is 13.2 Å². The summed E-state index contributed by atoms with van der Waals surface area (Å²) in [4.78, 5) is 41.6. The number of aliphatic carboxylic acids is 1. The van der Waals surface area contributed by atoms with Gasteiger partial charge in [0.05, 0.1) is 43.0 Å². The van der Waals surface area contributed by atoms with Crippen LogP contribution in [0.4, 0.5) is 24.8 Å². The zero-order chi connectivity index (χ0) is 58.4. The number of nitrogens with zero attached hydrogens (tertiary/aromatic N) is 2. The molecule has 434 valence electrons. The number of carbonyl (C=O) groups excluding carboxylic acids is 2. The fourth-order valence-electron chi connectivity index (χ4n) is 7.75. The van der Waals surface area contributed by atoms with E-state index in [2.05, 4.69) is 15.3 Å². The average Bonchev–Trinajstić information content (AvgIpc) is 3.23. The molecule has 3 fully saturated rings. The first-order valence-electron chi connectivity index (χ1n) is 24.3. The molecule has 0 unspecified atom stereocenters. The Kier molecular flexibility index (Phi) is 27.5. The molecule has 2 aromatic heterocycles. The number of hydrogen-bond donors (Lipinski definition) is 3. The Balaban J connectivity index is 0.000000511. The summed E-state index contributed by atoms with van der Waals surface area (Å²) in [7, 11) is -9.34. The predicted octanol–water partition coefficient (Wildman–Crippen LogP) is 14.2. The van der Waals surface area contributed by atoms with Gasteiger partial charge in [-0.1, -0.05) is 6.07 Å². The number of nitrogens with two attached hydrogens (primary N) is 1. The molecule has 1 amide bonds. The monoisotopic (exact) mass is 1260 g/mol. The molecule has 27 heteroatoms. The zero-order valence-corrected chi connectivity index (χ0v) is 52.1. The Hall–Kier alpha value is -1.48. The van der Waals surface area contributed by atoms with Crippen LogP contribution in [0.3, 0.4) is 0 Å². The number of halogens is 9. The van der Waals surface area contributed by atoms with Crippen LogP contribution < -0.4 is 11.1 Å². The molecule has 0 radical (unpaired) electrons. The quantitative estimate of drug-likeness (QED) is 0.148. The van der Waals surface area contributed by atoms with Gasteiger partial charge < -0.3 is 16.2 Å². The molecule has 0 spiro atoms. The van der Waals surface area contributed by atoms with Crippen LogP contribution >= 0.6 is 71.2 Å². The summed E-state index contributed by atoms with van der Waals surface area (Å²) >= 11 is 30.3. The number of carboxylic acids is 1. The molecule has 5 rings (SSSR count). The standard InChI is InChI=1S/C18H25F3N2O3S.C12H21ClO3S.C12H22O4S.C6H8N2.Cl5P/c1-17(2,3)27(25,26)11-12-4-6-13(7-5-12)16(24)23-15-9-8-14(10-22-15)18(19,20)21;2*1-12(2,3)17(15,16)8-9-4-6-10(7-5-9)11(13)14;1-5-2-3-6(7)8-4-5;1-6(2,3,4)5/h8-10,12-13H,4-7,11H2,1-3H3,(H,22,23,24);9-10H,4-8H2,1-3H3;9-10H,4-8H2,1-3H3,(H,13,14);2-4H,1H3,(H2,7,8);. The van der Waals surface area contributed by atoms with E-state index < -0.39 is 64.8 Å². The SMILES string of the molecule is CC(C)(C)S(=O)(=O)CC1CCC(C(=O)Cl)CC1.CC(C)(C)S(=O)(=O)CC1CCC(C(=O)Nc2ccc(C(F)(F)F)cn2)CC1.CC(C)(C)S(=O)(=O)CC1CCC(C(=O)O)CC1.Cc1ccc(N)nc1.ClP(Cl)(Cl)(Cl)Cl. The molecular formula is C48H76Cl6F3N4O10PS3. The third-order valence-electron chi connectivity index (χ3n) is 13.0. The summed E-state index contributed by atoms with van der Waals surface area (Å²) in [6.45, 7) is 17.4. The van der Waals surface area contributed by atoms with E-state index in [0.29, 0.717) is 63.4 Å². The molecule has 2 heterocycles. The van der Waals surface area contributed by atoms with Crippen LogP contribution in [0.5, 0.6) is 0 Å². The van der Waals surface area contributed by atoms with Gasteiger partial charge in [0.2, 0.25) is 11.1 Å². The van der Waals surface area contributed by atoms with Gasteiger partial charge in [0.15, 0.2) is 29.5 Å². The van der Waals surface area contributed by atoms with E-state index >= 15 is 0 Å². The minimum atomic E-state index is -4.47. The molecule has 14 nitrogen and oxygen atoms in total. The number of pyridine rings is 2. The van der Waals surface area contributed by atoms with Gasteiger partial charge in [-0.15, -0.1) is 0 Å². The van der Waals surface area contributed by atoms with Crippen LogP contribution in [0.2, 0.25) is 0 Å². The number of anilines is 2. The first-order chi connectivity index (χ1) is 33.6. The number of aromatic nitrogens is 2. The number of carboxylic acid groups (broad SMARTS) is 1. The first kappa shape index (κ1) is 71.5. The second kappa shape index (κ2) is 28.8. The normalized spacial score (nSPS) is 22.5. The number of alkyl halides is 3. The summed E-state index contributed by atoms with van der Waals surface area (Å²) in [5.74, 6) is -0.115. The number of rotatable bonds is 10. The van der Waals surface area contributed by atoms with Crippen molar-refractivity contribution in [3.63, 3.8) is 0 Å². The van der Waals surface area contributed by atoms with Gasteiger partial charge in [0.25, 0.3) is 0 Å². The maximum atomic E-state index is 12.5. The summed E-state index contributed by atoms with van der Waals surface area (Å²) in [5.41, 5.74) is 5.58. The van der Waals surface area contributed by atoms with E-state index in [4.69, 9.17) is 78.6 Å². The predicted molar refractivity (Wildman–Crippen MR) is 303 cm³/mol. The number of nitrogens with one attached hydrogen (secondary N) is 1. The van der Waals surface area contributed by atoms with Crippen LogP contribution in [0.25, 0.3) is 0 Å². The summed E-state index contributed by atoms with van der Waals surface area (Å²) < 4.78 is 104. The molecule has 0 saturated heterocycles. The van der Waals surface area contributed by atoms with Crippen LogP contribution in [0, 0.1) is 42.4 Å². The molecule has 0 aromatic carbocycles. The van der Waals surface area contributed by atoms with Crippen molar-refractivity contribution in [2.75, 3.05) is 28.3 Å². The Labute approximate surface area is 472 Å². The van der Waals surface area contributed by atoms with Crippen molar-refractivity contribution < 1.29 is 57.9 Å². The van der Waals surface area contributed by atoms with Gasteiger partial charge in [-0.3, -0.25) is 14.4 Å². The summed E-state index contributed by atoms with van der Waals surface area (Å²) in [6, 6.07) is 5.72. The fraction of sp³-hybridized carbons (Fsp3) is 0.729. The topological polar surface area (TPSA) is 238 Å². The zero-order valence-electron chi connectivity index (χ0n) is 44.2. The maximum absolute atomic E-state index is 12.5. The van der Waals surface area contributed by atoms with E-state index in [0.717, 1.165) is 43.4 Å². The summed E-state index contributed by atoms with van der Waals surface area (Å²) in [5, 5.41) is 11.1. The third kappa shape index (κ3) is 28.5. The minimum absolute atomic E-state index is 0.0301.